The zero-order valence-electron chi connectivity index (χ0n) is 13.2. The van der Waals surface area contributed by atoms with E-state index in [-0.39, 0.29) is 11.9 Å². The third-order valence-electron chi connectivity index (χ3n) is 4.09. The van der Waals surface area contributed by atoms with Crippen LogP contribution in [-0.4, -0.2) is 34.9 Å². The fraction of sp³-hybridized carbons (Fsp3) is 0.333. The minimum Gasteiger partial charge on any atom is -0.348 e. The number of carbonyl (C=O) groups is 1. The molecule has 2 aromatic rings. The molecule has 0 aliphatic carbocycles. The molecule has 1 aliphatic rings. The van der Waals surface area contributed by atoms with Crippen LogP contribution in [0.1, 0.15) is 28.8 Å². The third-order valence-corrected chi connectivity index (χ3v) is 4.09. The molecule has 3 rings (SSSR count). The Morgan fingerprint density at radius 2 is 2.08 bits per heavy atom. The van der Waals surface area contributed by atoms with Gasteiger partial charge in [0.1, 0.15) is 11.6 Å². The number of likely N-dealkylation sites (tertiary alicyclic amines) is 1. The normalized spacial score (nSPS) is 18.3. The SMILES string of the molecule is O=C(NC1CCCN(Cc2cc(F)cc(F)c2)C1)c1cccnc1. The number of benzene rings is 1. The first-order valence-corrected chi connectivity index (χ1v) is 7.98. The van der Waals surface area contributed by atoms with E-state index in [0.717, 1.165) is 25.5 Å². The molecule has 24 heavy (non-hydrogen) atoms. The zero-order valence-corrected chi connectivity index (χ0v) is 13.2. The van der Waals surface area contributed by atoms with E-state index in [0.29, 0.717) is 24.2 Å². The number of hydrogen-bond donors (Lipinski definition) is 1. The van der Waals surface area contributed by atoms with E-state index in [1.165, 1.54) is 18.3 Å². The van der Waals surface area contributed by atoms with E-state index in [9.17, 15) is 13.6 Å². The van der Waals surface area contributed by atoms with Crippen LogP contribution in [0.2, 0.25) is 0 Å². The topological polar surface area (TPSA) is 45.2 Å². The zero-order chi connectivity index (χ0) is 16.9. The van der Waals surface area contributed by atoms with E-state index in [1.54, 1.807) is 18.3 Å². The van der Waals surface area contributed by atoms with Crippen molar-refractivity contribution < 1.29 is 13.6 Å². The van der Waals surface area contributed by atoms with Gasteiger partial charge in [-0.2, -0.15) is 0 Å². The number of rotatable bonds is 4. The number of nitrogens with zero attached hydrogens (tertiary/aromatic N) is 2. The third kappa shape index (κ3) is 4.35. The molecular formula is C18H19F2N3O. The monoisotopic (exact) mass is 331 g/mol. The fourth-order valence-electron chi connectivity index (χ4n) is 3.04. The lowest BCUT2D eigenvalue weighted by Gasteiger charge is -2.33. The highest BCUT2D eigenvalue weighted by molar-refractivity contribution is 5.94. The number of piperidine rings is 1. The van der Waals surface area contributed by atoms with Crippen molar-refractivity contribution in [2.24, 2.45) is 0 Å². The standard InChI is InChI=1S/C18H19F2N3O/c19-15-7-13(8-16(20)9-15)11-23-6-2-4-17(12-23)22-18(24)14-3-1-5-21-10-14/h1,3,5,7-10,17H,2,4,6,11-12H2,(H,22,24). The van der Waals surface area contributed by atoms with Gasteiger partial charge in [-0.15, -0.1) is 0 Å². The van der Waals surface area contributed by atoms with Crippen molar-refractivity contribution in [3.8, 4) is 0 Å². The van der Waals surface area contributed by atoms with Gasteiger partial charge in [0, 0.05) is 37.6 Å². The highest BCUT2D eigenvalue weighted by Crippen LogP contribution is 2.16. The summed E-state index contributed by atoms with van der Waals surface area (Å²) in [5.41, 5.74) is 1.13. The predicted octanol–water partition coefficient (Wildman–Crippen LogP) is 2.75. The number of pyridine rings is 1. The molecule has 1 fully saturated rings. The van der Waals surface area contributed by atoms with Crippen LogP contribution in [0.3, 0.4) is 0 Å². The van der Waals surface area contributed by atoms with Crippen LogP contribution < -0.4 is 5.32 Å². The molecule has 1 aliphatic heterocycles. The van der Waals surface area contributed by atoms with Crippen molar-refractivity contribution in [2.75, 3.05) is 13.1 Å². The fourth-order valence-corrected chi connectivity index (χ4v) is 3.04. The molecule has 126 valence electrons. The molecular weight excluding hydrogens is 312 g/mol. The van der Waals surface area contributed by atoms with Gasteiger partial charge < -0.3 is 5.32 Å². The van der Waals surface area contributed by atoms with Gasteiger partial charge in [0.05, 0.1) is 5.56 Å². The maximum atomic E-state index is 13.3. The lowest BCUT2D eigenvalue weighted by Crippen LogP contribution is -2.47. The number of carbonyl (C=O) groups excluding carboxylic acids is 1. The number of aromatic nitrogens is 1. The van der Waals surface area contributed by atoms with Crippen molar-refractivity contribution in [1.29, 1.82) is 0 Å². The molecule has 1 unspecified atom stereocenters. The molecule has 0 spiro atoms. The summed E-state index contributed by atoms with van der Waals surface area (Å²) in [6.07, 6.45) is 4.97. The van der Waals surface area contributed by atoms with E-state index >= 15 is 0 Å². The number of hydrogen-bond acceptors (Lipinski definition) is 3. The molecule has 1 aromatic carbocycles. The van der Waals surface area contributed by atoms with Gasteiger partial charge in [-0.3, -0.25) is 14.7 Å². The van der Waals surface area contributed by atoms with Crippen molar-refractivity contribution in [3.63, 3.8) is 0 Å². The van der Waals surface area contributed by atoms with Crippen LogP contribution in [0.5, 0.6) is 0 Å². The highest BCUT2D eigenvalue weighted by atomic mass is 19.1. The first-order valence-electron chi connectivity index (χ1n) is 7.98. The molecule has 1 atom stereocenters. The Morgan fingerprint density at radius 1 is 1.29 bits per heavy atom. The van der Waals surface area contributed by atoms with Crippen molar-refractivity contribution in [1.82, 2.24) is 15.2 Å². The summed E-state index contributed by atoms with van der Waals surface area (Å²) in [6.45, 7) is 1.97. The Morgan fingerprint density at radius 3 is 2.79 bits per heavy atom. The van der Waals surface area contributed by atoms with Crippen LogP contribution in [0.4, 0.5) is 8.78 Å². The minimum absolute atomic E-state index is 0.0184. The average molecular weight is 331 g/mol. The average Bonchev–Trinajstić information content (AvgIpc) is 2.55. The summed E-state index contributed by atoms with van der Waals surface area (Å²) in [5.74, 6) is -1.28. The van der Waals surface area contributed by atoms with E-state index in [4.69, 9.17) is 0 Å². The highest BCUT2D eigenvalue weighted by Gasteiger charge is 2.22. The van der Waals surface area contributed by atoms with E-state index in [1.807, 2.05) is 0 Å². The van der Waals surface area contributed by atoms with Gasteiger partial charge in [-0.25, -0.2) is 8.78 Å². The Labute approximate surface area is 139 Å². The van der Waals surface area contributed by atoms with Gasteiger partial charge in [-0.1, -0.05) is 0 Å². The van der Waals surface area contributed by atoms with Gasteiger partial charge in [-0.05, 0) is 49.2 Å². The lowest BCUT2D eigenvalue weighted by molar-refractivity contribution is 0.0900. The number of amides is 1. The molecule has 1 amide bonds. The Balaban J connectivity index is 1.59. The summed E-state index contributed by atoms with van der Waals surface area (Å²) in [7, 11) is 0. The molecule has 2 heterocycles. The van der Waals surface area contributed by atoms with Crippen molar-refractivity contribution in [2.45, 2.75) is 25.4 Å². The maximum absolute atomic E-state index is 13.3. The molecule has 1 N–H and O–H groups in total. The van der Waals surface area contributed by atoms with Crippen molar-refractivity contribution >= 4 is 5.91 Å². The Bertz CT molecular complexity index is 688. The molecule has 1 aromatic heterocycles. The maximum Gasteiger partial charge on any atom is 0.253 e. The van der Waals surface area contributed by atoms with Gasteiger partial charge in [0.15, 0.2) is 0 Å². The van der Waals surface area contributed by atoms with Crippen LogP contribution in [-0.2, 0) is 6.54 Å². The van der Waals surface area contributed by atoms with Crippen molar-refractivity contribution in [3.05, 3.63) is 65.5 Å². The summed E-state index contributed by atoms with van der Waals surface area (Å²) in [5, 5.41) is 3.00. The quantitative estimate of drug-likeness (QED) is 0.937. The lowest BCUT2D eigenvalue weighted by atomic mass is 10.0. The Kier molecular flexibility index (Phi) is 5.15. The first kappa shape index (κ1) is 16.5. The van der Waals surface area contributed by atoms with Gasteiger partial charge in [0.25, 0.3) is 5.91 Å². The summed E-state index contributed by atoms with van der Waals surface area (Å²) >= 11 is 0. The Hall–Kier alpha value is -2.34. The smallest absolute Gasteiger partial charge is 0.253 e. The second kappa shape index (κ2) is 7.49. The van der Waals surface area contributed by atoms with E-state index < -0.39 is 11.6 Å². The molecule has 4 nitrogen and oxygen atoms in total. The van der Waals surface area contributed by atoms with Crippen LogP contribution in [0, 0.1) is 11.6 Å². The largest absolute Gasteiger partial charge is 0.348 e. The van der Waals surface area contributed by atoms with Gasteiger partial charge in [0.2, 0.25) is 0 Å². The molecule has 0 saturated carbocycles. The molecule has 6 heteroatoms. The summed E-state index contributed by atoms with van der Waals surface area (Å²) in [6, 6.07) is 7.03. The minimum atomic E-state index is -0.566. The number of nitrogens with one attached hydrogen (secondary N) is 1. The second-order valence-electron chi connectivity index (χ2n) is 6.07. The van der Waals surface area contributed by atoms with Crippen LogP contribution in [0.15, 0.2) is 42.7 Å². The molecule has 1 saturated heterocycles. The second-order valence-corrected chi connectivity index (χ2v) is 6.07. The molecule has 0 radical (unpaired) electrons. The predicted molar refractivity (Wildman–Crippen MR) is 86.4 cm³/mol. The first-order chi connectivity index (χ1) is 11.6. The van der Waals surface area contributed by atoms with Crippen LogP contribution in [0.25, 0.3) is 0 Å². The summed E-state index contributed by atoms with van der Waals surface area (Å²) < 4.78 is 26.6. The molecule has 0 bridgehead atoms. The van der Waals surface area contributed by atoms with Crippen LogP contribution >= 0.6 is 0 Å². The van der Waals surface area contributed by atoms with Gasteiger partial charge >= 0.3 is 0 Å². The number of halogens is 2. The van der Waals surface area contributed by atoms with E-state index in [2.05, 4.69) is 15.2 Å². The summed E-state index contributed by atoms with van der Waals surface area (Å²) in [4.78, 5) is 18.2.